The molecule has 0 aliphatic heterocycles. The van der Waals surface area contributed by atoms with Gasteiger partial charge in [0.05, 0.1) is 10.9 Å². The third-order valence-electron chi connectivity index (χ3n) is 3.16. The van der Waals surface area contributed by atoms with Gasteiger partial charge < -0.3 is 11.1 Å². The fourth-order valence-electron chi connectivity index (χ4n) is 2.23. The summed E-state index contributed by atoms with van der Waals surface area (Å²) in [6.07, 6.45) is 3.81. The molecule has 0 radical (unpaired) electrons. The van der Waals surface area contributed by atoms with Gasteiger partial charge in [-0.3, -0.25) is 9.59 Å². The number of nitrogens with two attached hydrogens (primary N) is 1. The van der Waals surface area contributed by atoms with Gasteiger partial charge in [0.15, 0.2) is 0 Å². The first kappa shape index (κ1) is 12.8. The molecule has 0 saturated heterocycles. The SMILES string of the molecule is NC(=O)[C@H]1CCC[C@@H]1NC(=O)c1ccc(Cl)cn1. The number of pyridine rings is 1. The highest BCUT2D eigenvalue weighted by molar-refractivity contribution is 6.30. The summed E-state index contributed by atoms with van der Waals surface area (Å²) >= 11 is 5.70. The van der Waals surface area contributed by atoms with Crippen molar-refractivity contribution in [3.8, 4) is 0 Å². The molecular formula is C12H14ClN3O2. The molecule has 0 bridgehead atoms. The molecule has 1 aliphatic carbocycles. The highest BCUT2D eigenvalue weighted by Gasteiger charge is 2.32. The lowest BCUT2D eigenvalue weighted by molar-refractivity contribution is -0.122. The van der Waals surface area contributed by atoms with Crippen LogP contribution in [0.15, 0.2) is 18.3 Å². The number of carbonyl (C=O) groups is 2. The van der Waals surface area contributed by atoms with Crippen LogP contribution in [-0.2, 0) is 4.79 Å². The first-order valence-corrected chi connectivity index (χ1v) is 6.17. The van der Waals surface area contributed by atoms with Gasteiger partial charge in [-0.15, -0.1) is 0 Å². The van der Waals surface area contributed by atoms with Crippen LogP contribution in [0.25, 0.3) is 0 Å². The predicted octanol–water partition coefficient (Wildman–Crippen LogP) is 1.12. The first-order chi connectivity index (χ1) is 8.58. The molecule has 2 rings (SSSR count). The van der Waals surface area contributed by atoms with Gasteiger partial charge in [-0.2, -0.15) is 0 Å². The van der Waals surface area contributed by atoms with Crippen molar-refractivity contribution in [2.75, 3.05) is 0 Å². The number of rotatable bonds is 3. The number of halogens is 1. The standard InChI is InChI=1S/C12H14ClN3O2/c13-7-4-5-10(15-6-7)12(18)16-9-3-1-2-8(9)11(14)17/h4-6,8-9H,1-3H2,(H2,14,17)(H,16,18)/t8-,9-/m0/s1. The van der Waals surface area contributed by atoms with Crippen molar-refractivity contribution in [3.63, 3.8) is 0 Å². The van der Waals surface area contributed by atoms with Crippen LogP contribution in [0.1, 0.15) is 29.8 Å². The van der Waals surface area contributed by atoms with Gasteiger partial charge in [-0.1, -0.05) is 18.0 Å². The van der Waals surface area contributed by atoms with Crippen LogP contribution >= 0.6 is 11.6 Å². The minimum Gasteiger partial charge on any atom is -0.369 e. The van der Waals surface area contributed by atoms with Crippen LogP contribution in [-0.4, -0.2) is 22.8 Å². The molecule has 1 fully saturated rings. The normalized spacial score (nSPS) is 22.7. The van der Waals surface area contributed by atoms with Crippen molar-refractivity contribution in [3.05, 3.63) is 29.0 Å². The molecule has 1 saturated carbocycles. The Hall–Kier alpha value is -1.62. The van der Waals surface area contributed by atoms with Gasteiger partial charge in [0, 0.05) is 12.2 Å². The third-order valence-corrected chi connectivity index (χ3v) is 3.38. The molecule has 96 valence electrons. The fourth-order valence-corrected chi connectivity index (χ4v) is 2.34. The van der Waals surface area contributed by atoms with Gasteiger partial charge in [0.25, 0.3) is 5.91 Å². The summed E-state index contributed by atoms with van der Waals surface area (Å²) in [7, 11) is 0. The minimum absolute atomic E-state index is 0.188. The zero-order valence-electron chi connectivity index (χ0n) is 9.73. The summed E-state index contributed by atoms with van der Waals surface area (Å²) in [4.78, 5) is 27.1. The Morgan fingerprint density at radius 3 is 2.78 bits per heavy atom. The van der Waals surface area contributed by atoms with E-state index >= 15 is 0 Å². The van der Waals surface area contributed by atoms with Crippen LogP contribution < -0.4 is 11.1 Å². The largest absolute Gasteiger partial charge is 0.369 e. The second kappa shape index (κ2) is 5.35. The molecule has 6 heteroatoms. The molecule has 1 heterocycles. The molecule has 0 spiro atoms. The van der Waals surface area contributed by atoms with Crippen LogP contribution in [0.3, 0.4) is 0 Å². The molecule has 18 heavy (non-hydrogen) atoms. The molecule has 0 aromatic carbocycles. The fraction of sp³-hybridized carbons (Fsp3) is 0.417. The number of aromatic nitrogens is 1. The van der Waals surface area contributed by atoms with E-state index in [1.165, 1.54) is 6.20 Å². The lowest BCUT2D eigenvalue weighted by Gasteiger charge is -2.17. The maximum atomic E-state index is 11.9. The van der Waals surface area contributed by atoms with Gasteiger partial charge in [0.2, 0.25) is 5.91 Å². The van der Waals surface area contributed by atoms with E-state index in [0.29, 0.717) is 5.02 Å². The number of hydrogen-bond donors (Lipinski definition) is 2. The Labute approximate surface area is 110 Å². The second-order valence-corrected chi connectivity index (χ2v) is 4.82. The number of primary amides is 1. The lowest BCUT2D eigenvalue weighted by atomic mass is 10.0. The molecule has 1 aliphatic rings. The smallest absolute Gasteiger partial charge is 0.270 e. The molecule has 1 aromatic heterocycles. The van der Waals surface area contributed by atoms with E-state index in [1.54, 1.807) is 12.1 Å². The average molecular weight is 268 g/mol. The zero-order valence-corrected chi connectivity index (χ0v) is 10.5. The topological polar surface area (TPSA) is 85.1 Å². The van der Waals surface area contributed by atoms with E-state index in [4.69, 9.17) is 17.3 Å². The van der Waals surface area contributed by atoms with Gasteiger partial charge in [0.1, 0.15) is 5.69 Å². The van der Waals surface area contributed by atoms with E-state index < -0.39 is 0 Å². The zero-order chi connectivity index (χ0) is 13.1. The van der Waals surface area contributed by atoms with Crippen molar-refractivity contribution in [2.24, 2.45) is 11.7 Å². The number of nitrogens with one attached hydrogen (secondary N) is 1. The highest BCUT2D eigenvalue weighted by atomic mass is 35.5. The summed E-state index contributed by atoms with van der Waals surface area (Å²) in [5.41, 5.74) is 5.59. The van der Waals surface area contributed by atoms with Crippen molar-refractivity contribution in [1.29, 1.82) is 0 Å². The Bertz CT molecular complexity index is 461. The van der Waals surface area contributed by atoms with E-state index in [1.807, 2.05) is 0 Å². The second-order valence-electron chi connectivity index (χ2n) is 4.38. The molecular weight excluding hydrogens is 254 g/mol. The molecule has 5 nitrogen and oxygen atoms in total. The van der Waals surface area contributed by atoms with Crippen molar-refractivity contribution in [2.45, 2.75) is 25.3 Å². The predicted molar refractivity (Wildman–Crippen MR) is 67.0 cm³/mol. The number of hydrogen-bond acceptors (Lipinski definition) is 3. The molecule has 0 unspecified atom stereocenters. The van der Waals surface area contributed by atoms with Crippen molar-refractivity contribution < 1.29 is 9.59 Å². The van der Waals surface area contributed by atoms with Crippen LogP contribution in [0, 0.1) is 5.92 Å². The summed E-state index contributed by atoms with van der Waals surface area (Å²) in [6.45, 7) is 0. The van der Waals surface area contributed by atoms with Crippen LogP contribution in [0.5, 0.6) is 0 Å². The molecule has 2 atom stereocenters. The average Bonchev–Trinajstić information content (AvgIpc) is 2.78. The van der Waals surface area contributed by atoms with E-state index in [0.717, 1.165) is 19.3 Å². The van der Waals surface area contributed by atoms with Crippen LogP contribution in [0.2, 0.25) is 5.02 Å². The summed E-state index contributed by atoms with van der Waals surface area (Å²) in [6, 6.07) is 2.96. The third kappa shape index (κ3) is 2.79. The van der Waals surface area contributed by atoms with E-state index in [-0.39, 0.29) is 29.5 Å². The summed E-state index contributed by atoms with van der Waals surface area (Å²) < 4.78 is 0. The Balaban J connectivity index is 2.03. The quantitative estimate of drug-likeness (QED) is 0.861. The van der Waals surface area contributed by atoms with Crippen molar-refractivity contribution in [1.82, 2.24) is 10.3 Å². The first-order valence-electron chi connectivity index (χ1n) is 5.79. The molecule has 3 N–H and O–H groups in total. The van der Waals surface area contributed by atoms with Gasteiger partial charge in [-0.25, -0.2) is 4.98 Å². The van der Waals surface area contributed by atoms with Crippen LogP contribution in [0.4, 0.5) is 0 Å². The maximum absolute atomic E-state index is 11.9. The minimum atomic E-state index is -0.359. The molecule has 1 aromatic rings. The summed E-state index contributed by atoms with van der Waals surface area (Å²) in [5, 5.41) is 3.28. The van der Waals surface area contributed by atoms with E-state index in [9.17, 15) is 9.59 Å². The monoisotopic (exact) mass is 267 g/mol. The Morgan fingerprint density at radius 1 is 1.39 bits per heavy atom. The number of carbonyl (C=O) groups excluding carboxylic acids is 2. The number of nitrogens with zero attached hydrogens (tertiary/aromatic N) is 1. The van der Waals surface area contributed by atoms with Gasteiger partial charge >= 0.3 is 0 Å². The summed E-state index contributed by atoms with van der Waals surface area (Å²) in [5.74, 6) is -0.937. The Kier molecular flexibility index (Phi) is 3.81. The number of amides is 2. The Morgan fingerprint density at radius 2 is 2.17 bits per heavy atom. The van der Waals surface area contributed by atoms with Gasteiger partial charge in [-0.05, 0) is 25.0 Å². The molecule has 2 amide bonds. The van der Waals surface area contributed by atoms with Crippen molar-refractivity contribution >= 4 is 23.4 Å². The maximum Gasteiger partial charge on any atom is 0.270 e. The lowest BCUT2D eigenvalue weighted by Crippen LogP contribution is -2.42. The highest BCUT2D eigenvalue weighted by Crippen LogP contribution is 2.25. The van der Waals surface area contributed by atoms with E-state index in [2.05, 4.69) is 10.3 Å².